The van der Waals surface area contributed by atoms with E-state index in [9.17, 15) is 24.3 Å². The molecule has 0 bridgehead atoms. The third-order valence-electron chi connectivity index (χ3n) is 10.6. The molecule has 0 unspecified atom stereocenters. The highest BCUT2D eigenvalue weighted by atomic mass is 16.5. The summed E-state index contributed by atoms with van der Waals surface area (Å²) in [7, 11) is 2.72. The first-order valence-electron chi connectivity index (χ1n) is 21.8. The van der Waals surface area contributed by atoms with Gasteiger partial charge in [0.25, 0.3) is 0 Å². The van der Waals surface area contributed by atoms with Gasteiger partial charge >= 0.3 is 11.9 Å². The fourth-order valence-electron chi connectivity index (χ4n) is 7.60. The first kappa shape index (κ1) is 52.1. The van der Waals surface area contributed by atoms with Crippen molar-refractivity contribution in [2.24, 2.45) is 17.8 Å². The van der Waals surface area contributed by atoms with Crippen molar-refractivity contribution in [3.8, 4) is 22.3 Å². The maximum Gasteiger partial charge on any atom is 0.306 e. The van der Waals surface area contributed by atoms with Gasteiger partial charge in [-0.3, -0.25) is 29.1 Å². The number of carbonyl (C=O) groups is 4. The standard InChI is InChI=1S/C25H33NO3.C24H31NO4.C2H6.CH4/c1-16(2)10-19(5)23(27)12-20(13-24(28)29-6)21-11-22(15-26-14-21)25-17(3)8-7-9-18(25)4;1-15(2)9-21(26)22(27)11-18(12-23(28)29-5)19-10-20(14-25-13-19)24-16(3)7-6-8-17(24)4;1-2;/h7-9,11,14-16,19-20H,10,12-13H2,1-6H3;6-8,10,13-15,18,21,26H,9,11-12H2,1-5H3;1-2H3;1H4/t19-,20+;18-,21+;;/m10../s1/i;;1D;. The number of methoxy groups -OCH3 is 2. The Kier molecular flexibility index (Phi) is 23.1. The van der Waals surface area contributed by atoms with Gasteiger partial charge in [0.05, 0.1) is 27.1 Å². The number of hydrogen-bond donors (Lipinski definition) is 1. The van der Waals surface area contributed by atoms with Crippen molar-refractivity contribution in [3.05, 3.63) is 107 Å². The fraction of sp³-hybridized carbons (Fsp3) is 0.500. The Morgan fingerprint density at radius 1 is 0.623 bits per heavy atom. The molecule has 0 aliphatic heterocycles. The quantitative estimate of drug-likeness (QED) is 0.0972. The second kappa shape index (κ2) is 27.0. The summed E-state index contributed by atoms with van der Waals surface area (Å²) in [4.78, 5) is 58.2. The molecule has 0 fully saturated rings. The minimum absolute atomic E-state index is 0. The smallest absolute Gasteiger partial charge is 0.306 e. The summed E-state index contributed by atoms with van der Waals surface area (Å²) in [5.41, 5.74) is 10.5. The summed E-state index contributed by atoms with van der Waals surface area (Å²) >= 11 is 0. The number of hydrogen-bond acceptors (Lipinski definition) is 9. The van der Waals surface area contributed by atoms with Crippen LogP contribution in [0.5, 0.6) is 0 Å². The second-order valence-electron chi connectivity index (χ2n) is 16.5. The van der Waals surface area contributed by atoms with E-state index in [-0.39, 0.29) is 62.0 Å². The molecule has 0 saturated heterocycles. The molecule has 61 heavy (non-hydrogen) atoms. The number of pyridine rings is 2. The van der Waals surface area contributed by atoms with Crippen molar-refractivity contribution in [1.29, 1.82) is 0 Å². The van der Waals surface area contributed by atoms with Crippen LogP contribution in [0.25, 0.3) is 22.3 Å². The van der Waals surface area contributed by atoms with Crippen molar-refractivity contribution in [1.82, 2.24) is 9.97 Å². The number of ether oxygens (including phenoxy) is 2. The lowest BCUT2D eigenvalue weighted by atomic mass is 9.84. The van der Waals surface area contributed by atoms with E-state index in [2.05, 4.69) is 55.9 Å². The van der Waals surface area contributed by atoms with E-state index in [0.29, 0.717) is 25.7 Å². The molecule has 2 aromatic heterocycles. The lowest BCUT2D eigenvalue weighted by Crippen LogP contribution is -2.25. The number of carbonyl (C=O) groups excluding carboxylic acids is 4. The third-order valence-corrected chi connectivity index (χ3v) is 10.6. The van der Waals surface area contributed by atoms with Crippen LogP contribution in [0.3, 0.4) is 0 Å². The molecule has 4 atom stereocenters. The number of aliphatic hydroxyl groups is 1. The second-order valence-corrected chi connectivity index (χ2v) is 16.5. The van der Waals surface area contributed by atoms with Crippen LogP contribution >= 0.6 is 0 Å². The molecule has 0 spiro atoms. The number of Topliss-reactive ketones (excluding diaryl/α,β-unsaturated/α-hetero) is 2. The molecule has 1 N–H and O–H groups in total. The van der Waals surface area contributed by atoms with Crippen LogP contribution in [0.2, 0.25) is 0 Å². The minimum Gasteiger partial charge on any atom is -0.469 e. The summed E-state index contributed by atoms with van der Waals surface area (Å²) in [6.45, 7) is 20.7. The molecule has 9 heteroatoms. The molecule has 0 aliphatic rings. The van der Waals surface area contributed by atoms with Gasteiger partial charge < -0.3 is 14.6 Å². The van der Waals surface area contributed by atoms with E-state index in [1.165, 1.54) is 25.3 Å². The molecule has 9 nitrogen and oxygen atoms in total. The normalized spacial score (nSPS) is 12.9. The largest absolute Gasteiger partial charge is 0.469 e. The molecule has 0 aliphatic carbocycles. The number of rotatable bonds is 18. The van der Waals surface area contributed by atoms with Crippen molar-refractivity contribution in [3.63, 3.8) is 0 Å². The first-order chi connectivity index (χ1) is 28.9. The van der Waals surface area contributed by atoms with E-state index < -0.39 is 18.0 Å². The van der Waals surface area contributed by atoms with E-state index in [0.717, 1.165) is 50.9 Å². The Morgan fingerprint density at radius 2 is 0.984 bits per heavy atom. The van der Waals surface area contributed by atoms with Crippen LogP contribution in [0.1, 0.15) is 141 Å². The van der Waals surface area contributed by atoms with Crippen LogP contribution in [0.4, 0.5) is 0 Å². The highest BCUT2D eigenvalue weighted by Gasteiger charge is 2.26. The summed E-state index contributed by atoms with van der Waals surface area (Å²) in [5, 5.41) is 10.2. The minimum atomic E-state index is -1.02. The number of esters is 2. The maximum atomic E-state index is 12.8. The molecule has 334 valence electrons. The number of nitrogens with zero attached hydrogens (tertiary/aromatic N) is 2. The fourth-order valence-corrected chi connectivity index (χ4v) is 7.60. The predicted molar refractivity (Wildman–Crippen MR) is 248 cm³/mol. The van der Waals surface area contributed by atoms with Gasteiger partial charge in [-0.2, -0.15) is 0 Å². The Balaban J connectivity index is 0.000000574. The number of aliphatic hydroxyl groups excluding tert-OH is 1. The van der Waals surface area contributed by atoms with Crippen LogP contribution in [0.15, 0.2) is 73.3 Å². The highest BCUT2D eigenvalue weighted by Crippen LogP contribution is 2.34. The Hall–Kier alpha value is -5.02. The lowest BCUT2D eigenvalue weighted by Gasteiger charge is -2.20. The molecule has 0 saturated carbocycles. The van der Waals surface area contributed by atoms with Gasteiger partial charge in [0.15, 0.2) is 5.78 Å². The van der Waals surface area contributed by atoms with E-state index in [1.54, 1.807) is 25.5 Å². The number of benzene rings is 2. The van der Waals surface area contributed by atoms with E-state index in [1.807, 2.05) is 71.1 Å². The summed E-state index contributed by atoms with van der Waals surface area (Å²) in [6.07, 6.45) is 7.96. The Labute approximate surface area is 368 Å². The average molecular weight is 840 g/mol. The van der Waals surface area contributed by atoms with Crippen molar-refractivity contribution in [2.75, 3.05) is 14.2 Å². The molecular weight excluding hydrogens is 765 g/mol. The average Bonchev–Trinajstić information content (AvgIpc) is 3.20. The Morgan fingerprint density at radius 3 is 1.33 bits per heavy atom. The first-order valence-corrected chi connectivity index (χ1v) is 21.1. The molecule has 2 heterocycles. The predicted octanol–water partition coefficient (Wildman–Crippen LogP) is 11.7. The van der Waals surface area contributed by atoms with Crippen molar-refractivity contribution in [2.45, 2.75) is 140 Å². The zero-order chi connectivity index (χ0) is 45.8. The van der Waals surface area contributed by atoms with Crippen LogP contribution in [-0.4, -0.2) is 58.9 Å². The molecular formula is C52H74N2O7. The van der Waals surface area contributed by atoms with Crippen LogP contribution in [0, 0.1) is 45.4 Å². The van der Waals surface area contributed by atoms with E-state index >= 15 is 0 Å². The zero-order valence-electron chi connectivity index (χ0n) is 39.1. The van der Waals surface area contributed by atoms with Gasteiger partial charge in [-0.05, 0) is 109 Å². The highest BCUT2D eigenvalue weighted by molar-refractivity contribution is 5.85. The van der Waals surface area contributed by atoms with Gasteiger partial charge in [0.1, 0.15) is 11.9 Å². The van der Waals surface area contributed by atoms with E-state index in [4.69, 9.17) is 10.8 Å². The van der Waals surface area contributed by atoms with Gasteiger partial charge in [0.2, 0.25) is 0 Å². The van der Waals surface area contributed by atoms with Gasteiger partial charge in [-0.1, -0.05) is 92.3 Å². The third kappa shape index (κ3) is 17.1. The lowest BCUT2D eigenvalue weighted by molar-refractivity contribution is -0.142. The summed E-state index contributed by atoms with van der Waals surface area (Å²) in [5.74, 6) is -0.755. The van der Waals surface area contributed by atoms with Gasteiger partial charge in [-0.25, -0.2) is 0 Å². The summed E-state index contributed by atoms with van der Waals surface area (Å²) < 4.78 is 15.9. The van der Waals surface area contributed by atoms with Crippen molar-refractivity contribution < 1.29 is 35.1 Å². The molecule has 4 aromatic rings. The molecule has 0 radical (unpaired) electrons. The number of aromatic nitrogens is 2. The molecule has 4 rings (SSSR count). The molecule has 0 amide bonds. The SMILES string of the molecule is C.COC(=O)C[C@H](CC(=O)[C@H](C)CC(C)C)c1cncc(-c2c(C)cccc2C)c1.COC(=O)C[C@H](CC(=O)[C@H](O)CC(C)C)c1cncc(-c2c(C)cccc2C)c1.[2H]CC. The Bertz CT molecular complexity index is 1840. The maximum absolute atomic E-state index is 12.8. The van der Waals surface area contributed by atoms with Gasteiger partial charge in [-0.15, -0.1) is 0 Å². The topological polar surface area (TPSA) is 133 Å². The van der Waals surface area contributed by atoms with Crippen LogP contribution < -0.4 is 0 Å². The molecule has 2 aromatic carbocycles. The van der Waals surface area contributed by atoms with Crippen LogP contribution in [-0.2, 0) is 28.7 Å². The number of ketones is 2. The summed E-state index contributed by atoms with van der Waals surface area (Å²) in [6, 6.07) is 16.4. The zero-order valence-corrected chi connectivity index (χ0v) is 38.1. The van der Waals surface area contributed by atoms with Gasteiger partial charge in [0, 0.05) is 67.9 Å². The monoisotopic (exact) mass is 840 g/mol. The number of aryl methyl sites for hydroxylation is 4. The van der Waals surface area contributed by atoms with Crippen molar-refractivity contribution >= 4 is 23.5 Å².